The zero-order valence-electron chi connectivity index (χ0n) is 15.3. The molecule has 0 amide bonds. The largest absolute Gasteiger partial charge is 0.313 e. The van der Waals surface area contributed by atoms with E-state index in [-0.39, 0.29) is 0 Å². The van der Waals surface area contributed by atoms with Crippen molar-refractivity contribution in [1.82, 2.24) is 10.2 Å². The number of nitrogens with one attached hydrogen (secondary N) is 1. The predicted octanol–water partition coefficient (Wildman–Crippen LogP) is 3.83. The van der Waals surface area contributed by atoms with Crippen LogP contribution in [0.15, 0.2) is 24.3 Å². The third-order valence-corrected chi connectivity index (χ3v) is 6.87. The maximum atomic E-state index is 9.16. The van der Waals surface area contributed by atoms with Gasteiger partial charge in [0.25, 0.3) is 0 Å². The Morgan fingerprint density at radius 3 is 2.80 bits per heavy atom. The normalized spacial score (nSPS) is 32.4. The van der Waals surface area contributed by atoms with E-state index >= 15 is 0 Å². The van der Waals surface area contributed by atoms with E-state index < -0.39 is 0 Å². The molecule has 0 radical (unpaired) electrons. The Kier molecular flexibility index (Phi) is 5.10. The molecule has 2 aliphatic carbocycles. The van der Waals surface area contributed by atoms with Crippen LogP contribution in [0.25, 0.3) is 0 Å². The summed E-state index contributed by atoms with van der Waals surface area (Å²) in [5.74, 6) is 0.825. The zero-order chi connectivity index (χ0) is 17.1. The van der Waals surface area contributed by atoms with Crippen molar-refractivity contribution in [2.45, 2.75) is 62.8 Å². The number of nitriles is 1. The Labute approximate surface area is 152 Å². The summed E-state index contributed by atoms with van der Waals surface area (Å²) in [7, 11) is 0. The van der Waals surface area contributed by atoms with Gasteiger partial charge in [-0.25, -0.2) is 0 Å². The molecule has 1 aromatic carbocycles. The molecule has 1 saturated heterocycles. The van der Waals surface area contributed by atoms with Gasteiger partial charge in [0.2, 0.25) is 0 Å². The summed E-state index contributed by atoms with van der Waals surface area (Å²) in [4.78, 5) is 2.65. The van der Waals surface area contributed by atoms with Gasteiger partial charge in [-0.3, -0.25) is 0 Å². The molecule has 1 heterocycles. The third kappa shape index (κ3) is 3.76. The molecule has 1 aliphatic heterocycles. The number of rotatable bonds is 5. The minimum absolute atomic E-state index is 0.399. The highest BCUT2D eigenvalue weighted by atomic mass is 15.1. The highest BCUT2D eigenvalue weighted by Gasteiger charge is 2.57. The first kappa shape index (κ1) is 17.1. The van der Waals surface area contributed by atoms with Crippen molar-refractivity contribution in [2.24, 2.45) is 5.92 Å². The minimum atomic E-state index is 0.399. The van der Waals surface area contributed by atoms with Gasteiger partial charge < -0.3 is 10.2 Å². The Morgan fingerprint density at radius 1 is 1.20 bits per heavy atom. The average molecular weight is 338 g/mol. The van der Waals surface area contributed by atoms with Crippen LogP contribution in [0.4, 0.5) is 0 Å². The van der Waals surface area contributed by atoms with Crippen molar-refractivity contribution in [3.63, 3.8) is 0 Å². The summed E-state index contributed by atoms with van der Waals surface area (Å²) in [5, 5.41) is 13.0. The van der Waals surface area contributed by atoms with Gasteiger partial charge in [-0.15, -0.1) is 0 Å². The maximum absolute atomic E-state index is 9.16. The molecular weight excluding hydrogens is 306 g/mol. The summed E-state index contributed by atoms with van der Waals surface area (Å²) in [6.45, 7) is 4.96. The molecule has 3 nitrogen and oxygen atoms in total. The van der Waals surface area contributed by atoms with Crippen molar-refractivity contribution in [3.8, 4) is 6.07 Å². The molecule has 3 heteroatoms. The van der Waals surface area contributed by atoms with Crippen LogP contribution in [-0.4, -0.2) is 37.1 Å². The van der Waals surface area contributed by atoms with E-state index in [1.165, 1.54) is 76.6 Å². The number of nitrogens with zero attached hydrogens (tertiary/aromatic N) is 2. The number of hydrogen-bond acceptors (Lipinski definition) is 3. The molecule has 1 aromatic rings. The van der Waals surface area contributed by atoms with Crippen LogP contribution in [-0.2, 0) is 5.41 Å². The van der Waals surface area contributed by atoms with Gasteiger partial charge in [0.05, 0.1) is 11.6 Å². The molecule has 0 aromatic heterocycles. The van der Waals surface area contributed by atoms with Gasteiger partial charge >= 0.3 is 0 Å². The number of benzene rings is 1. The molecule has 0 bridgehead atoms. The summed E-state index contributed by atoms with van der Waals surface area (Å²) >= 11 is 0. The predicted molar refractivity (Wildman–Crippen MR) is 101 cm³/mol. The zero-order valence-corrected chi connectivity index (χ0v) is 15.3. The fraction of sp³-hybridized carbons (Fsp3) is 0.682. The van der Waals surface area contributed by atoms with Crippen LogP contribution < -0.4 is 5.32 Å². The maximum Gasteiger partial charge on any atom is 0.0991 e. The van der Waals surface area contributed by atoms with Crippen LogP contribution in [0.2, 0.25) is 0 Å². The quantitative estimate of drug-likeness (QED) is 0.887. The number of hydrogen-bond donors (Lipinski definition) is 1. The summed E-state index contributed by atoms with van der Waals surface area (Å²) in [5.41, 5.74) is 2.63. The lowest BCUT2D eigenvalue weighted by molar-refractivity contribution is 0.265. The lowest BCUT2D eigenvalue weighted by Crippen LogP contribution is -2.40. The fourth-order valence-corrected chi connectivity index (χ4v) is 5.26. The number of likely N-dealkylation sites (tertiary alicyclic amines) is 1. The van der Waals surface area contributed by atoms with Crippen molar-refractivity contribution in [2.75, 3.05) is 26.2 Å². The van der Waals surface area contributed by atoms with E-state index in [0.29, 0.717) is 11.5 Å². The molecule has 2 saturated carbocycles. The third-order valence-electron chi connectivity index (χ3n) is 6.87. The van der Waals surface area contributed by atoms with Crippen LogP contribution in [0.3, 0.4) is 0 Å². The van der Waals surface area contributed by atoms with Crippen LogP contribution in [0, 0.1) is 17.2 Å². The van der Waals surface area contributed by atoms with Gasteiger partial charge in [-0.1, -0.05) is 25.0 Å². The van der Waals surface area contributed by atoms with Crippen LogP contribution in [0.5, 0.6) is 0 Å². The van der Waals surface area contributed by atoms with E-state index in [1.54, 1.807) is 0 Å². The SMILES string of the molecule is N#Cc1cccc(C23CC[C@@H](NCCN4CCCCCC4)CC2C3)c1. The second-order valence-corrected chi connectivity index (χ2v) is 8.43. The first-order valence-electron chi connectivity index (χ1n) is 10.3. The lowest BCUT2D eigenvalue weighted by atomic mass is 9.80. The lowest BCUT2D eigenvalue weighted by Gasteiger charge is -2.30. The van der Waals surface area contributed by atoms with E-state index in [1.807, 2.05) is 6.07 Å². The molecular formula is C22H31N3. The summed E-state index contributed by atoms with van der Waals surface area (Å²) < 4.78 is 0. The fourth-order valence-electron chi connectivity index (χ4n) is 5.26. The molecule has 1 N–H and O–H groups in total. The van der Waals surface area contributed by atoms with Crippen LogP contribution in [0.1, 0.15) is 62.5 Å². The van der Waals surface area contributed by atoms with Gasteiger partial charge in [0.15, 0.2) is 0 Å². The highest BCUT2D eigenvalue weighted by Crippen LogP contribution is 2.62. The average Bonchev–Trinajstić information content (AvgIpc) is 3.42. The van der Waals surface area contributed by atoms with Crippen molar-refractivity contribution in [3.05, 3.63) is 35.4 Å². The second kappa shape index (κ2) is 7.48. The van der Waals surface area contributed by atoms with Crippen LogP contribution >= 0.6 is 0 Å². The standard InChI is InChI=1S/C22H31N3/c23-17-18-6-5-7-19(14-18)22-9-8-21(15-20(22)16-22)24-10-13-25-11-3-1-2-4-12-25/h5-7,14,20-21,24H,1-4,8-13,15-16H2/t20?,21-,22?/m1/s1. The first-order valence-corrected chi connectivity index (χ1v) is 10.3. The Morgan fingerprint density at radius 2 is 2.04 bits per heavy atom. The first-order chi connectivity index (χ1) is 12.3. The molecule has 134 valence electrons. The van der Waals surface area contributed by atoms with Crippen molar-refractivity contribution in [1.29, 1.82) is 5.26 Å². The van der Waals surface area contributed by atoms with Gasteiger partial charge in [0.1, 0.15) is 0 Å². The molecule has 2 unspecified atom stereocenters. The Hall–Kier alpha value is -1.37. The van der Waals surface area contributed by atoms with Gasteiger partial charge in [-0.05, 0) is 80.6 Å². The minimum Gasteiger partial charge on any atom is -0.313 e. The Balaban J connectivity index is 1.25. The van der Waals surface area contributed by atoms with Gasteiger partial charge in [-0.2, -0.15) is 5.26 Å². The topological polar surface area (TPSA) is 39.1 Å². The Bertz CT molecular complexity index is 626. The summed E-state index contributed by atoms with van der Waals surface area (Å²) in [6.07, 6.45) is 10.8. The monoisotopic (exact) mass is 337 g/mol. The molecule has 4 rings (SSSR count). The number of fused-ring (bicyclic) bond motifs is 1. The van der Waals surface area contributed by atoms with E-state index in [0.717, 1.165) is 18.0 Å². The van der Waals surface area contributed by atoms with Crippen molar-refractivity contribution < 1.29 is 0 Å². The van der Waals surface area contributed by atoms with E-state index in [2.05, 4.69) is 34.5 Å². The molecule has 25 heavy (non-hydrogen) atoms. The second-order valence-electron chi connectivity index (χ2n) is 8.43. The highest BCUT2D eigenvalue weighted by molar-refractivity contribution is 5.41. The van der Waals surface area contributed by atoms with E-state index in [9.17, 15) is 0 Å². The van der Waals surface area contributed by atoms with E-state index in [4.69, 9.17) is 5.26 Å². The molecule has 0 spiro atoms. The molecule has 3 atom stereocenters. The smallest absolute Gasteiger partial charge is 0.0991 e. The molecule has 3 aliphatic rings. The molecule has 3 fully saturated rings. The summed E-state index contributed by atoms with van der Waals surface area (Å²) in [6, 6.07) is 11.4. The van der Waals surface area contributed by atoms with Gasteiger partial charge in [0, 0.05) is 19.1 Å². The van der Waals surface area contributed by atoms with Crippen molar-refractivity contribution >= 4 is 0 Å².